The van der Waals surface area contributed by atoms with Gasteiger partial charge in [0, 0.05) is 0 Å². The molecule has 12 heteroatoms. The van der Waals surface area contributed by atoms with Crippen LogP contribution >= 0.6 is 8.16 Å². The van der Waals surface area contributed by atoms with Crippen molar-refractivity contribution in [3.63, 3.8) is 0 Å². The molecule has 0 radical (unpaired) electrons. The fraction of sp³-hybridized carbons (Fsp3) is 0. The first-order chi connectivity index (χ1) is 7.24. The van der Waals surface area contributed by atoms with Crippen molar-refractivity contribution in [3.05, 3.63) is 30.1 Å². The Kier molecular flexibility index (Phi) is 6.98. The SMILES string of the molecule is FP(F)(F)(F)F.O=S(=O)(O)c1ccc(F)cc1.[LiH]. The van der Waals surface area contributed by atoms with Gasteiger partial charge >= 0.3 is 48.0 Å². The molecule has 1 aromatic rings. The van der Waals surface area contributed by atoms with Crippen LogP contribution in [0.25, 0.3) is 0 Å². The summed E-state index contributed by atoms with van der Waals surface area (Å²) in [4.78, 5) is -0.307. The Labute approximate surface area is 111 Å². The van der Waals surface area contributed by atoms with E-state index >= 15 is 0 Å². The van der Waals surface area contributed by atoms with Crippen LogP contribution in [0.2, 0.25) is 0 Å². The summed E-state index contributed by atoms with van der Waals surface area (Å²) in [7, 11) is -12.7. The third-order valence-electron chi connectivity index (χ3n) is 1.11. The summed E-state index contributed by atoms with van der Waals surface area (Å²) in [6, 6.07) is 3.90. The first kappa shape index (κ1) is 20.1. The molecule has 0 saturated heterocycles. The zero-order valence-corrected chi connectivity index (χ0v) is 9.41. The van der Waals surface area contributed by atoms with E-state index < -0.39 is 24.1 Å². The molecule has 0 heterocycles. The average molecular weight is 310 g/mol. The molecule has 0 saturated carbocycles. The maximum absolute atomic E-state index is 12.2. The first-order valence-electron chi connectivity index (χ1n) is 3.58. The summed E-state index contributed by atoms with van der Waals surface area (Å²) < 4.78 is 90.6. The van der Waals surface area contributed by atoms with Crippen LogP contribution in [0.5, 0.6) is 0 Å². The summed E-state index contributed by atoms with van der Waals surface area (Å²) >= 11 is 0. The van der Waals surface area contributed by atoms with Crippen LogP contribution in [0.4, 0.5) is 25.4 Å². The molecule has 0 fully saturated rings. The van der Waals surface area contributed by atoms with Crippen LogP contribution in [-0.2, 0) is 10.1 Å². The van der Waals surface area contributed by atoms with E-state index in [0.29, 0.717) is 0 Å². The van der Waals surface area contributed by atoms with Gasteiger partial charge in [-0.2, -0.15) is 8.42 Å². The van der Waals surface area contributed by atoms with Crippen LogP contribution in [0.3, 0.4) is 0 Å². The number of benzene rings is 1. The zero-order chi connectivity index (χ0) is 13.9. The number of hydrogen-bond donors (Lipinski definition) is 1. The van der Waals surface area contributed by atoms with Gasteiger partial charge < -0.3 is 0 Å². The van der Waals surface area contributed by atoms with Gasteiger partial charge in [-0.1, -0.05) is 0 Å². The standard InChI is InChI=1S/C6H5FO3S.F5P.Li.H/c7-5-1-3-6(4-2-5)11(8,9)10;1-6(2,3,4)5;;/h1-4H,(H,8,9,10);;;. The van der Waals surface area contributed by atoms with Crippen LogP contribution in [0, 0.1) is 5.82 Å². The number of rotatable bonds is 1. The van der Waals surface area contributed by atoms with E-state index in [0.717, 1.165) is 24.3 Å². The van der Waals surface area contributed by atoms with Crippen molar-refractivity contribution in [2.45, 2.75) is 4.90 Å². The van der Waals surface area contributed by atoms with Crippen molar-refractivity contribution >= 4 is 37.1 Å². The number of hydrogen-bond acceptors (Lipinski definition) is 2. The molecule has 102 valence electrons. The van der Waals surface area contributed by atoms with E-state index in [1.165, 1.54) is 0 Å². The Bertz CT molecular complexity index is 465. The quantitative estimate of drug-likeness (QED) is 0.374. The molecule has 1 rings (SSSR count). The molecular formula is C6H6F6LiO3PS. The first-order valence-corrected chi connectivity index (χ1v) is 6.71. The van der Waals surface area contributed by atoms with Crippen molar-refractivity contribution in [3.8, 4) is 0 Å². The van der Waals surface area contributed by atoms with E-state index in [1.54, 1.807) is 0 Å². The molecule has 0 spiro atoms. The Morgan fingerprint density at radius 2 is 1.22 bits per heavy atom. The minimum absolute atomic E-state index is 0. The topological polar surface area (TPSA) is 54.4 Å². The minimum atomic E-state index is -8.55. The Hall–Kier alpha value is -0.263. The molecule has 18 heavy (non-hydrogen) atoms. The third kappa shape index (κ3) is 13.8. The van der Waals surface area contributed by atoms with E-state index in [1.807, 2.05) is 0 Å². The third-order valence-corrected chi connectivity index (χ3v) is 1.98. The summed E-state index contributed by atoms with van der Waals surface area (Å²) in [6.07, 6.45) is 0. The van der Waals surface area contributed by atoms with E-state index in [-0.39, 0.29) is 23.8 Å². The van der Waals surface area contributed by atoms with Crippen molar-refractivity contribution in [2.24, 2.45) is 0 Å². The maximum atomic E-state index is 12.2. The second-order valence-electron chi connectivity index (χ2n) is 2.57. The van der Waals surface area contributed by atoms with Crippen molar-refractivity contribution < 1.29 is 38.3 Å². The molecule has 0 bridgehead atoms. The molecule has 0 amide bonds. The van der Waals surface area contributed by atoms with Crippen molar-refractivity contribution in [1.82, 2.24) is 0 Å². The van der Waals surface area contributed by atoms with Gasteiger partial charge in [0.05, 0.1) is 4.90 Å². The Morgan fingerprint density at radius 1 is 0.944 bits per heavy atom. The molecule has 3 nitrogen and oxygen atoms in total. The zero-order valence-electron chi connectivity index (χ0n) is 7.70. The summed E-state index contributed by atoms with van der Waals surface area (Å²) in [5.74, 6) is -0.544. The second kappa shape index (κ2) is 6.26. The average Bonchev–Trinajstić information content (AvgIpc) is 1.98. The van der Waals surface area contributed by atoms with Gasteiger partial charge in [0.15, 0.2) is 0 Å². The molecule has 0 unspecified atom stereocenters. The molecule has 0 aliphatic carbocycles. The van der Waals surface area contributed by atoms with Crippen molar-refractivity contribution in [1.29, 1.82) is 0 Å². The monoisotopic (exact) mass is 310 g/mol. The summed E-state index contributed by atoms with van der Waals surface area (Å²) in [5, 5.41) is 0. The van der Waals surface area contributed by atoms with Crippen LogP contribution < -0.4 is 0 Å². The van der Waals surface area contributed by atoms with E-state index in [2.05, 4.69) is 0 Å². The van der Waals surface area contributed by atoms with Gasteiger partial charge in [-0.15, -0.1) is 0 Å². The summed E-state index contributed by atoms with van der Waals surface area (Å²) in [6.45, 7) is 0. The molecule has 0 aromatic heterocycles. The molecule has 0 aliphatic rings. The van der Waals surface area contributed by atoms with E-state index in [9.17, 15) is 33.8 Å². The second-order valence-corrected chi connectivity index (χ2v) is 5.27. The van der Waals surface area contributed by atoms with Gasteiger partial charge in [0.1, 0.15) is 5.82 Å². The molecular weight excluding hydrogens is 304 g/mol. The van der Waals surface area contributed by atoms with Crippen molar-refractivity contribution in [2.75, 3.05) is 0 Å². The predicted octanol–water partition coefficient (Wildman–Crippen LogP) is 3.39. The predicted molar refractivity (Wildman–Crippen MR) is 55.8 cm³/mol. The normalized spacial score (nSPS) is 13.4. The van der Waals surface area contributed by atoms with Crippen LogP contribution in [-0.4, -0.2) is 31.8 Å². The van der Waals surface area contributed by atoms with Crippen LogP contribution in [0.15, 0.2) is 29.2 Å². The van der Waals surface area contributed by atoms with Crippen LogP contribution in [0.1, 0.15) is 0 Å². The van der Waals surface area contributed by atoms with Gasteiger partial charge in [0.25, 0.3) is 10.1 Å². The van der Waals surface area contributed by atoms with Gasteiger partial charge in [-0.25, -0.2) is 4.39 Å². The molecule has 0 aliphatic heterocycles. The fourth-order valence-corrected chi connectivity index (χ4v) is 1.09. The molecule has 0 atom stereocenters. The number of halogens is 6. The molecule has 1 aromatic carbocycles. The summed E-state index contributed by atoms with van der Waals surface area (Å²) in [5.41, 5.74) is 0. The van der Waals surface area contributed by atoms with E-state index in [4.69, 9.17) is 4.55 Å². The Balaban J connectivity index is 0. The van der Waals surface area contributed by atoms with Gasteiger partial charge in [-0.05, 0) is 24.3 Å². The molecule has 1 N–H and O–H groups in total. The van der Waals surface area contributed by atoms with Gasteiger partial charge in [0.2, 0.25) is 0 Å². The fourth-order valence-electron chi connectivity index (χ4n) is 0.607. The van der Waals surface area contributed by atoms with Gasteiger partial charge in [-0.3, -0.25) is 4.55 Å². The Morgan fingerprint density at radius 3 is 1.44 bits per heavy atom.